The number of para-hydroxylation sites is 1. The summed E-state index contributed by atoms with van der Waals surface area (Å²) in [5, 5.41) is 2.93. The Kier molecular flexibility index (Phi) is 6.87. The topological polar surface area (TPSA) is 55.9 Å². The maximum absolute atomic E-state index is 13.0. The Morgan fingerprint density at radius 1 is 0.839 bits per heavy atom. The molecule has 0 radical (unpaired) electrons. The number of urea groups is 1. The fourth-order valence-corrected chi connectivity index (χ4v) is 4.47. The quantitative estimate of drug-likeness (QED) is 0.823. The van der Waals surface area contributed by atoms with Gasteiger partial charge in [0.05, 0.1) is 0 Å². The molecular weight excluding hydrogens is 388 g/mol. The van der Waals surface area contributed by atoms with Crippen molar-refractivity contribution in [1.29, 1.82) is 0 Å². The van der Waals surface area contributed by atoms with E-state index < -0.39 is 0 Å². The SMILES string of the molecule is Cc1ccccc1CN1CCN(C(=O)C2CCN(C(=O)Nc3ccccc3)CC2)CC1. The fraction of sp³-hybridized carbons (Fsp3) is 0.440. The number of rotatable bonds is 4. The minimum absolute atomic E-state index is 0.0312. The lowest BCUT2D eigenvalue weighted by Gasteiger charge is -2.38. The van der Waals surface area contributed by atoms with Gasteiger partial charge in [0.15, 0.2) is 0 Å². The van der Waals surface area contributed by atoms with Crippen molar-refractivity contribution in [3.05, 3.63) is 65.7 Å². The molecule has 2 aromatic carbocycles. The van der Waals surface area contributed by atoms with E-state index in [9.17, 15) is 9.59 Å². The van der Waals surface area contributed by atoms with Crippen LogP contribution in [0.2, 0.25) is 0 Å². The first-order chi connectivity index (χ1) is 15.1. The monoisotopic (exact) mass is 420 g/mol. The number of aryl methyl sites for hydroxylation is 1. The third-order valence-electron chi connectivity index (χ3n) is 6.50. The van der Waals surface area contributed by atoms with Crippen molar-refractivity contribution in [3.8, 4) is 0 Å². The van der Waals surface area contributed by atoms with Gasteiger partial charge in [0, 0.05) is 57.4 Å². The van der Waals surface area contributed by atoms with Crippen LogP contribution in [-0.4, -0.2) is 65.9 Å². The molecule has 1 N–H and O–H groups in total. The molecular formula is C25H32N4O2. The van der Waals surface area contributed by atoms with Crippen LogP contribution < -0.4 is 5.32 Å². The van der Waals surface area contributed by atoms with Gasteiger partial charge in [0.2, 0.25) is 5.91 Å². The molecule has 0 atom stereocenters. The number of carbonyl (C=O) groups excluding carboxylic acids is 2. The predicted octanol–water partition coefficient (Wildman–Crippen LogP) is 3.58. The number of amides is 3. The molecule has 2 fully saturated rings. The first-order valence-electron chi connectivity index (χ1n) is 11.3. The molecule has 0 bridgehead atoms. The van der Waals surface area contributed by atoms with Crippen molar-refractivity contribution in [2.45, 2.75) is 26.3 Å². The number of likely N-dealkylation sites (tertiary alicyclic amines) is 1. The fourth-order valence-electron chi connectivity index (χ4n) is 4.47. The Labute approximate surface area is 184 Å². The lowest BCUT2D eigenvalue weighted by atomic mass is 9.95. The largest absolute Gasteiger partial charge is 0.340 e. The van der Waals surface area contributed by atoms with Gasteiger partial charge in [-0.1, -0.05) is 42.5 Å². The van der Waals surface area contributed by atoms with Crippen LogP contribution in [0.15, 0.2) is 54.6 Å². The van der Waals surface area contributed by atoms with Crippen LogP contribution in [0.1, 0.15) is 24.0 Å². The van der Waals surface area contributed by atoms with E-state index >= 15 is 0 Å². The van der Waals surface area contributed by atoms with E-state index in [1.807, 2.05) is 40.1 Å². The van der Waals surface area contributed by atoms with E-state index in [1.165, 1.54) is 11.1 Å². The molecule has 0 unspecified atom stereocenters. The summed E-state index contributed by atoms with van der Waals surface area (Å²) in [6.45, 7) is 7.77. The third-order valence-corrected chi connectivity index (χ3v) is 6.50. The number of hydrogen-bond donors (Lipinski definition) is 1. The molecule has 3 amide bonds. The Balaban J connectivity index is 1.21. The van der Waals surface area contributed by atoms with Crippen LogP contribution in [0.25, 0.3) is 0 Å². The summed E-state index contributed by atoms with van der Waals surface area (Å²) >= 11 is 0. The maximum atomic E-state index is 13.0. The highest BCUT2D eigenvalue weighted by Gasteiger charge is 2.31. The number of nitrogens with one attached hydrogen (secondary N) is 1. The molecule has 2 aliphatic heterocycles. The van der Waals surface area contributed by atoms with Crippen LogP contribution in [0.4, 0.5) is 10.5 Å². The van der Waals surface area contributed by atoms with Crippen molar-refractivity contribution in [2.24, 2.45) is 5.92 Å². The first kappa shape index (κ1) is 21.4. The summed E-state index contributed by atoms with van der Waals surface area (Å²) in [6, 6.07) is 17.9. The molecule has 0 aliphatic carbocycles. The molecule has 0 spiro atoms. The standard InChI is InChI=1S/C25H32N4O2/c1-20-7-5-6-8-22(20)19-27-15-17-28(18-16-27)24(30)21-11-13-29(14-12-21)25(31)26-23-9-3-2-4-10-23/h2-10,21H,11-19H2,1H3,(H,26,31). The Morgan fingerprint density at radius 2 is 1.48 bits per heavy atom. The zero-order valence-electron chi connectivity index (χ0n) is 18.3. The van der Waals surface area contributed by atoms with Gasteiger partial charge >= 0.3 is 6.03 Å². The Hall–Kier alpha value is -2.86. The highest BCUT2D eigenvalue weighted by molar-refractivity contribution is 5.89. The molecule has 2 saturated heterocycles. The maximum Gasteiger partial charge on any atom is 0.321 e. The van der Waals surface area contributed by atoms with E-state index in [2.05, 4.69) is 41.4 Å². The molecule has 31 heavy (non-hydrogen) atoms. The van der Waals surface area contributed by atoms with E-state index in [0.29, 0.717) is 13.1 Å². The second kappa shape index (κ2) is 9.96. The first-order valence-corrected chi connectivity index (χ1v) is 11.3. The summed E-state index contributed by atoms with van der Waals surface area (Å²) in [6.07, 6.45) is 1.48. The second-order valence-corrected chi connectivity index (χ2v) is 8.59. The summed E-state index contributed by atoms with van der Waals surface area (Å²) in [5.41, 5.74) is 3.49. The van der Waals surface area contributed by atoms with Gasteiger partial charge < -0.3 is 15.1 Å². The van der Waals surface area contributed by atoms with E-state index in [-0.39, 0.29) is 17.9 Å². The highest BCUT2D eigenvalue weighted by atomic mass is 16.2. The van der Waals surface area contributed by atoms with Gasteiger partial charge in [-0.15, -0.1) is 0 Å². The highest BCUT2D eigenvalue weighted by Crippen LogP contribution is 2.22. The lowest BCUT2D eigenvalue weighted by Crippen LogP contribution is -2.51. The molecule has 0 aromatic heterocycles. The van der Waals surface area contributed by atoms with Crippen molar-refractivity contribution in [3.63, 3.8) is 0 Å². The van der Waals surface area contributed by atoms with Gasteiger partial charge in [0.25, 0.3) is 0 Å². The van der Waals surface area contributed by atoms with Crippen molar-refractivity contribution in [2.75, 3.05) is 44.6 Å². The molecule has 6 nitrogen and oxygen atoms in total. The van der Waals surface area contributed by atoms with Crippen LogP contribution in [0.5, 0.6) is 0 Å². The van der Waals surface area contributed by atoms with Gasteiger partial charge in [-0.3, -0.25) is 9.69 Å². The molecule has 4 rings (SSSR count). The Bertz CT molecular complexity index is 885. The van der Waals surface area contributed by atoms with Gasteiger partial charge in [-0.05, 0) is 43.0 Å². The van der Waals surface area contributed by atoms with Gasteiger partial charge in [-0.25, -0.2) is 4.79 Å². The number of benzene rings is 2. The molecule has 2 aromatic rings. The minimum Gasteiger partial charge on any atom is -0.340 e. The van der Waals surface area contributed by atoms with Crippen molar-refractivity contribution < 1.29 is 9.59 Å². The average Bonchev–Trinajstić information content (AvgIpc) is 2.81. The summed E-state index contributed by atoms with van der Waals surface area (Å²) in [4.78, 5) is 31.8. The van der Waals surface area contributed by atoms with Crippen LogP contribution >= 0.6 is 0 Å². The number of hydrogen-bond acceptors (Lipinski definition) is 3. The van der Waals surface area contributed by atoms with Crippen molar-refractivity contribution >= 4 is 17.6 Å². The van der Waals surface area contributed by atoms with Crippen LogP contribution in [0.3, 0.4) is 0 Å². The average molecular weight is 421 g/mol. The molecule has 2 aliphatic rings. The molecule has 6 heteroatoms. The predicted molar refractivity (Wildman–Crippen MR) is 123 cm³/mol. The molecule has 2 heterocycles. The van der Waals surface area contributed by atoms with E-state index in [0.717, 1.165) is 51.3 Å². The van der Waals surface area contributed by atoms with Crippen LogP contribution in [0, 0.1) is 12.8 Å². The normalized spacial score (nSPS) is 18.1. The summed E-state index contributed by atoms with van der Waals surface area (Å²) in [7, 11) is 0. The number of anilines is 1. The lowest BCUT2D eigenvalue weighted by molar-refractivity contribution is -0.138. The summed E-state index contributed by atoms with van der Waals surface area (Å²) in [5.74, 6) is 0.294. The van der Waals surface area contributed by atoms with Crippen LogP contribution in [-0.2, 0) is 11.3 Å². The van der Waals surface area contributed by atoms with E-state index in [1.54, 1.807) is 0 Å². The zero-order chi connectivity index (χ0) is 21.6. The number of piperidine rings is 1. The number of carbonyl (C=O) groups is 2. The molecule has 0 saturated carbocycles. The van der Waals surface area contributed by atoms with Gasteiger partial charge in [-0.2, -0.15) is 0 Å². The van der Waals surface area contributed by atoms with E-state index in [4.69, 9.17) is 0 Å². The second-order valence-electron chi connectivity index (χ2n) is 8.59. The zero-order valence-corrected chi connectivity index (χ0v) is 18.3. The number of nitrogens with zero attached hydrogens (tertiary/aromatic N) is 3. The van der Waals surface area contributed by atoms with Gasteiger partial charge in [0.1, 0.15) is 0 Å². The summed E-state index contributed by atoms with van der Waals surface area (Å²) < 4.78 is 0. The minimum atomic E-state index is -0.0816. The van der Waals surface area contributed by atoms with Crippen molar-refractivity contribution in [1.82, 2.24) is 14.7 Å². The smallest absolute Gasteiger partial charge is 0.321 e. The Morgan fingerprint density at radius 3 is 2.16 bits per heavy atom. The molecule has 164 valence electrons. The third kappa shape index (κ3) is 5.44. The number of piperazine rings is 1.